The molecule has 0 aliphatic rings. The molecule has 0 aliphatic carbocycles. The molecule has 1 N–H and O–H groups in total. The van der Waals surface area contributed by atoms with Gasteiger partial charge in [-0.2, -0.15) is 0 Å². The van der Waals surface area contributed by atoms with Crippen LogP contribution in [0.3, 0.4) is 0 Å². The smallest absolute Gasteiger partial charge is 0.331 e. The second-order valence-corrected chi connectivity index (χ2v) is 5.48. The van der Waals surface area contributed by atoms with Gasteiger partial charge in [-0.15, -0.1) is 0 Å². The minimum Gasteiger partial charge on any atom is -0.497 e. The quantitative estimate of drug-likeness (QED) is 0.591. The Morgan fingerprint density at radius 1 is 1.12 bits per heavy atom. The van der Waals surface area contributed by atoms with E-state index in [0.29, 0.717) is 27.8 Å². The van der Waals surface area contributed by atoms with Crippen molar-refractivity contribution >= 4 is 35.2 Å². The van der Waals surface area contributed by atoms with Crippen LogP contribution >= 0.6 is 11.6 Å². The predicted octanol–water partition coefficient (Wildman–Crippen LogP) is 3.55. The van der Waals surface area contributed by atoms with Crippen LogP contribution in [0.5, 0.6) is 11.5 Å². The summed E-state index contributed by atoms with van der Waals surface area (Å²) in [6, 6.07) is 12.0. The van der Waals surface area contributed by atoms with E-state index in [-0.39, 0.29) is 0 Å². The number of ether oxygens (including phenoxy) is 3. The molecule has 0 saturated heterocycles. The van der Waals surface area contributed by atoms with Crippen molar-refractivity contribution in [1.29, 1.82) is 0 Å². The molecule has 6 nitrogen and oxygen atoms in total. The van der Waals surface area contributed by atoms with Crippen LogP contribution < -0.4 is 14.8 Å². The molecule has 7 heteroatoms. The molecule has 0 atom stereocenters. The topological polar surface area (TPSA) is 73.9 Å². The third-order valence-corrected chi connectivity index (χ3v) is 3.66. The normalized spacial score (nSPS) is 10.4. The number of nitrogens with one attached hydrogen (secondary N) is 1. The van der Waals surface area contributed by atoms with E-state index in [4.69, 9.17) is 25.8 Å². The Morgan fingerprint density at radius 2 is 1.88 bits per heavy atom. The highest BCUT2D eigenvalue weighted by Crippen LogP contribution is 2.25. The fraction of sp³-hybridized carbons (Fsp3) is 0.158. The largest absolute Gasteiger partial charge is 0.497 e. The highest BCUT2D eigenvalue weighted by atomic mass is 35.5. The lowest BCUT2D eigenvalue weighted by Crippen LogP contribution is -2.20. The highest BCUT2D eigenvalue weighted by Gasteiger charge is 2.08. The molecule has 2 aromatic rings. The standard InChI is InChI=1S/C19H18ClNO5/c1-24-14-8-9-17(25-2)13(11-14)7-10-19(23)26-12-18(22)21-16-6-4-3-5-15(16)20/h3-11H,12H2,1-2H3,(H,21,22). The van der Waals surface area contributed by atoms with E-state index >= 15 is 0 Å². The number of carbonyl (C=O) groups is 2. The van der Waals surface area contributed by atoms with Crippen molar-refractivity contribution in [3.8, 4) is 11.5 Å². The third-order valence-electron chi connectivity index (χ3n) is 3.33. The maximum absolute atomic E-state index is 11.8. The molecule has 0 saturated carbocycles. The summed E-state index contributed by atoms with van der Waals surface area (Å²) in [6.07, 6.45) is 2.73. The average molecular weight is 376 g/mol. The van der Waals surface area contributed by atoms with Crippen molar-refractivity contribution in [3.63, 3.8) is 0 Å². The Balaban J connectivity index is 1.91. The van der Waals surface area contributed by atoms with Crippen molar-refractivity contribution in [2.75, 3.05) is 26.1 Å². The minimum atomic E-state index is -0.663. The lowest BCUT2D eigenvalue weighted by molar-refractivity contribution is -0.142. The SMILES string of the molecule is COc1ccc(OC)c(C=CC(=O)OCC(=O)Nc2ccccc2Cl)c1. The van der Waals surface area contributed by atoms with Gasteiger partial charge in [0.1, 0.15) is 11.5 Å². The molecule has 0 unspecified atom stereocenters. The number of halogens is 1. The summed E-state index contributed by atoms with van der Waals surface area (Å²) in [5.41, 5.74) is 1.09. The summed E-state index contributed by atoms with van der Waals surface area (Å²) in [5.74, 6) is 0.0484. The molecule has 136 valence electrons. The zero-order chi connectivity index (χ0) is 18.9. The van der Waals surface area contributed by atoms with E-state index in [0.717, 1.165) is 0 Å². The molecule has 0 spiro atoms. The fourth-order valence-corrected chi connectivity index (χ4v) is 2.24. The number of benzene rings is 2. The van der Waals surface area contributed by atoms with Crippen LogP contribution in [0.25, 0.3) is 6.08 Å². The lowest BCUT2D eigenvalue weighted by Gasteiger charge is -2.08. The molecule has 2 aromatic carbocycles. The summed E-state index contributed by atoms with van der Waals surface area (Å²) in [4.78, 5) is 23.6. The number of methoxy groups -OCH3 is 2. The van der Waals surface area contributed by atoms with Gasteiger partial charge in [0.05, 0.1) is 24.9 Å². The number of esters is 1. The molecule has 0 radical (unpaired) electrons. The van der Waals surface area contributed by atoms with Crippen molar-refractivity contribution in [2.45, 2.75) is 0 Å². The maximum atomic E-state index is 11.8. The van der Waals surface area contributed by atoms with Crippen molar-refractivity contribution in [1.82, 2.24) is 0 Å². The molecule has 2 rings (SSSR count). The first-order chi connectivity index (χ1) is 12.5. The Labute approximate surface area is 156 Å². The second kappa shape index (κ2) is 9.48. The first-order valence-corrected chi connectivity index (χ1v) is 8.02. The van der Waals surface area contributed by atoms with E-state index in [1.807, 2.05) is 0 Å². The van der Waals surface area contributed by atoms with Crippen LogP contribution in [0.2, 0.25) is 5.02 Å². The Kier molecular flexibility index (Phi) is 7.05. The molecule has 0 aromatic heterocycles. The first-order valence-electron chi connectivity index (χ1n) is 7.64. The predicted molar refractivity (Wildman–Crippen MR) is 99.6 cm³/mol. The van der Waals surface area contributed by atoms with Crippen LogP contribution in [-0.2, 0) is 14.3 Å². The minimum absolute atomic E-state index is 0.400. The summed E-state index contributed by atoms with van der Waals surface area (Å²) in [7, 11) is 3.07. The lowest BCUT2D eigenvalue weighted by atomic mass is 10.1. The number of hydrogen-bond donors (Lipinski definition) is 1. The summed E-state index contributed by atoms with van der Waals surface area (Å²) in [6.45, 7) is -0.427. The van der Waals surface area contributed by atoms with Gasteiger partial charge in [0.2, 0.25) is 0 Å². The van der Waals surface area contributed by atoms with Gasteiger partial charge in [-0.05, 0) is 36.4 Å². The van der Waals surface area contributed by atoms with Crippen LogP contribution in [0, 0.1) is 0 Å². The Hall–Kier alpha value is -2.99. The second-order valence-electron chi connectivity index (χ2n) is 5.08. The van der Waals surface area contributed by atoms with Crippen LogP contribution in [0.4, 0.5) is 5.69 Å². The van der Waals surface area contributed by atoms with Gasteiger partial charge in [0, 0.05) is 11.6 Å². The van der Waals surface area contributed by atoms with Crippen molar-refractivity contribution in [3.05, 3.63) is 59.1 Å². The average Bonchev–Trinajstić information content (AvgIpc) is 2.66. The number of anilines is 1. The zero-order valence-corrected chi connectivity index (χ0v) is 15.1. The summed E-state index contributed by atoms with van der Waals surface area (Å²) in [5, 5.41) is 2.96. The molecule has 26 heavy (non-hydrogen) atoms. The van der Waals surface area contributed by atoms with Gasteiger partial charge in [-0.3, -0.25) is 4.79 Å². The molecular formula is C19H18ClNO5. The van der Waals surface area contributed by atoms with Gasteiger partial charge in [0.25, 0.3) is 5.91 Å². The number of hydrogen-bond acceptors (Lipinski definition) is 5. The zero-order valence-electron chi connectivity index (χ0n) is 14.3. The van der Waals surface area contributed by atoms with Crippen molar-refractivity contribution < 1.29 is 23.8 Å². The van der Waals surface area contributed by atoms with E-state index in [1.54, 1.807) is 49.6 Å². The number of para-hydroxylation sites is 1. The maximum Gasteiger partial charge on any atom is 0.331 e. The van der Waals surface area contributed by atoms with Gasteiger partial charge >= 0.3 is 5.97 Å². The molecular weight excluding hydrogens is 358 g/mol. The Morgan fingerprint density at radius 3 is 2.58 bits per heavy atom. The van der Waals surface area contributed by atoms with Gasteiger partial charge in [0.15, 0.2) is 6.61 Å². The van der Waals surface area contributed by atoms with E-state index < -0.39 is 18.5 Å². The molecule has 0 aliphatic heterocycles. The van der Waals surface area contributed by atoms with Crippen LogP contribution in [0.1, 0.15) is 5.56 Å². The van der Waals surface area contributed by atoms with Gasteiger partial charge in [-0.1, -0.05) is 23.7 Å². The summed E-state index contributed by atoms with van der Waals surface area (Å²) < 4.78 is 15.3. The number of amides is 1. The van der Waals surface area contributed by atoms with Gasteiger partial charge < -0.3 is 19.5 Å². The monoisotopic (exact) mass is 375 g/mol. The van der Waals surface area contributed by atoms with E-state index in [1.165, 1.54) is 19.3 Å². The fourth-order valence-electron chi connectivity index (χ4n) is 2.06. The molecule has 0 heterocycles. The van der Waals surface area contributed by atoms with Crippen LogP contribution in [-0.4, -0.2) is 32.7 Å². The molecule has 1 amide bonds. The third kappa shape index (κ3) is 5.53. The number of carbonyl (C=O) groups excluding carboxylic acids is 2. The highest BCUT2D eigenvalue weighted by molar-refractivity contribution is 6.33. The first kappa shape index (κ1) is 19.3. The number of rotatable bonds is 7. The van der Waals surface area contributed by atoms with Crippen molar-refractivity contribution in [2.24, 2.45) is 0 Å². The summed E-state index contributed by atoms with van der Waals surface area (Å²) >= 11 is 5.95. The van der Waals surface area contributed by atoms with Gasteiger partial charge in [-0.25, -0.2) is 4.79 Å². The van der Waals surface area contributed by atoms with E-state index in [9.17, 15) is 9.59 Å². The van der Waals surface area contributed by atoms with Crippen LogP contribution in [0.15, 0.2) is 48.5 Å². The molecule has 0 fully saturated rings. The molecule has 0 bridgehead atoms. The Bertz CT molecular complexity index is 819. The van der Waals surface area contributed by atoms with E-state index in [2.05, 4.69) is 5.32 Å².